The first kappa shape index (κ1) is 21.0. The first-order valence-corrected chi connectivity index (χ1v) is 9.48. The topological polar surface area (TPSA) is 74.2 Å². The van der Waals surface area contributed by atoms with Gasteiger partial charge in [0.15, 0.2) is 0 Å². The highest BCUT2D eigenvalue weighted by atomic mass is 19.1. The summed E-state index contributed by atoms with van der Waals surface area (Å²) in [5, 5.41) is 18.5. The van der Waals surface area contributed by atoms with Crippen molar-refractivity contribution >= 4 is 11.6 Å². The van der Waals surface area contributed by atoms with Crippen LogP contribution >= 0.6 is 0 Å². The summed E-state index contributed by atoms with van der Waals surface area (Å²) < 4.78 is 18.6. The number of carbonyl (C=O) groups is 1. The number of nitrogens with one attached hydrogen (secondary N) is 1. The molecule has 0 saturated heterocycles. The van der Waals surface area contributed by atoms with Crippen molar-refractivity contribution in [2.45, 2.75) is 31.8 Å². The van der Waals surface area contributed by atoms with Gasteiger partial charge in [0.25, 0.3) is 5.91 Å². The minimum atomic E-state index is -0.580. The van der Waals surface area contributed by atoms with Gasteiger partial charge in [0.1, 0.15) is 11.6 Å². The first-order valence-electron chi connectivity index (χ1n) is 9.48. The SMILES string of the molecule is COc1ccc(C2=NN(C(=O)CNC(C)(C)CO)[C@H](c3ccc(F)cc3)C2)cc1. The number of ether oxygens (including phenoxy) is 1. The minimum Gasteiger partial charge on any atom is -0.497 e. The van der Waals surface area contributed by atoms with Crippen LogP contribution in [0.4, 0.5) is 4.39 Å². The molecule has 2 N–H and O–H groups in total. The number of rotatable bonds is 7. The molecule has 154 valence electrons. The number of aliphatic hydroxyl groups is 1. The maximum atomic E-state index is 13.4. The summed E-state index contributed by atoms with van der Waals surface area (Å²) in [5.74, 6) is 0.197. The second kappa shape index (κ2) is 8.71. The van der Waals surface area contributed by atoms with Crippen molar-refractivity contribution in [2.24, 2.45) is 5.10 Å². The van der Waals surface area contributed by atoms with E-state index in [-0.39, 0.29) is 30.9 Å². The highest BCUT2D eigenvalue weighted by Crippen LogP contribution is 2.33. The Bertz CT molecular complexity index is 879. The predicted molar refractivity (Wildman–Crippen MR) is 109 cm³/mol. The summed E-state index contributed by atoms with van der Waals surface area (Å²) in [6, 6.07) is 13.3. The Morgan fingerprint density at radius 2 is 1.90 bits per heavy atom. The molecular weight excluding hydrogens is 373 g/mol. The smallest absolute Gasteiger partial charge is 0.257 e. The zero-order chi connectivity index (χ0) is 21.0. The van der Waals surface area contributed by atoms with E-state index in [1.165, 1.54) is 17.1 Å². The highest BCUT2D eigenvalue weighted by molar-refractivity contribution is 6.03. The number of hydrazone groups is 1. The van der Waals surface area contributed by atoms with Gasteiger partial charge in [0, 0.05) is 12.0 Å². The van der Waals surface area contributed by atoms with Crippen molar-refractivity contribution < 1.29 is 19.0 Å². The van der Waals surface area contributed by atoms with Crippen LogP contribution in [0.5, 0.6) is 5.75 Å². The van der Waals surface area contributed by atoms with Gasteiger partial charge in [0.2, 0.25) is 0 Å². The van der Waals surface area contributed by atoms with Gasteiger partial charge < -0.3 is 15.2 Å². The Hall–Kier alpha value is -2.77. The molecule has 2 aromatic carbocycles. The number of methoxy groups -OCH3 is 1. The summed E-state index contributed by atoms with van der Waals surface area (Å²) in [7, 11) is 1.61. The van der Waals surface area contributed by atoms with E-state index in [0.29, 0.717) is 6.42 Å². The normalized spacial score (nSPS) is 16.7. The van der Waals surface area contributed by atoms with Crippen LogP contribution in [0.25, 0.3) is 0 Å². The average Bonchev–Trinajstić information content (AvgIpc) is 3.18. The van der Waals surface area contributed by atoms with E-state index in [1.54, 1.807) is 19.2 Å². The quantitative estimate of drug-likeness (QED) is 0.751. The van der Waals surface area contributed by atoms with Crippen LogP contribution in [-0.4, -0.2) is 47.5 Å². The van der Waals surface area contributed by atoms with Gasteiger partial charge in [-0.3, -0.25) is 4.79 Å². The Labute approximate surface area is 170 Å². The number of carbonyl (C=O) groups excluding carboxylic acids is 1. The van der Waals surface area contributed by atoms with Gasteiger partial charge in [-0.1, -0.05) is 12.1 Å². The lowest BCUT2D eigenvalue weighted by Gasteiger charge is -2.26. The van der Waals surface area contributed by atoms with Crippen molar-refractivity contribution in [3.8, 4) is 5.75 Å². The molecule has 2 aromatic rings. The molecule has 3 rings (SSSR count). The van der Waals surface area contributed by atoms with E-state index in [4.69, 9.17) is 4.74 Å². The second-order valence-electron chi connectivity index (χ2n) is 7.68. The number of nitrogens with zero attached hydrogens (tertiary/aromatic N) is 2. The van der Waals surface area contributed by atoms with Gasteiger partial charge in [-0.05, 0) is 61.4 Å². The van der Waals surface area contributed by atoms with Gasteiger partial charge in [-0.2, -0.15) is 5.10 Å². The van der Waals surface area contributed by atoms with Crippen molar-refractivity contribution in [3.05, 3.63) is 65.5 Å². The van der Waals surface area contributed by atoms with Crippen LogP contribution in [0.1, 0.15) is 37.4 Å². The molecule has 1 heterocycles. The molecule has 1 atom stereocenters. The van der Waals surface area contributed by atoms with Crippen LogP contribution in [-0.2, 0) is 4.79 Å². The lowest BCUT2D eigenvalue weighted by atomic mass is 9.98. The van der Waals surface area contributed by atoms with E-state index in [9.17, 15) is 14.3 Å². The minimum absolute atomic E-state index is 0.0324. The van der Waals surface area contributed by atoms with E-state index in [2.05, 4.69) is 10.4 Å². The fourth-order valence-corrected chi connectivity index (χ4v) is 3.09. The lowest BCUT2D eigenvalue weighted by Crippen LogP contribution is -2.47. The van der Waals surface area contributed by atoms with Gasteiger partial charge in [-0.25, -0.2) is 9.40 Å². The molecule has 1 amide bonds. The zero-order valence-corrected chi connectivity index (χ0v) is 16.9. The summed E-state index contributed by atoms with van der Waals surface area (Å²) in [5.41, 5.74) is 1.91. The molecule has 0 bridgehead atoms. The monoisotopic (exact) mass is 399 g/mol. The Morgan fingerprint density at radius 3 is 2.48 bits per heavy atom. The number of amides is 1. The van der Waals surface area contributed by atoms with E-state index < -0.39 is 5.54 Å². The second-order valence-corrected chi connectivity index (χ2v) is 7.68. The molecule has 1 aliphatic heterocycles. The molecule has 6 nitrogen and oxygen atoms in total. The Balaban J connectivity index is 1.86. The molecular formula is C22H26FN3O3. The van der Waals surface area contributed by atoms with Crippen molar-refractivity contribution in [1.29, 1.82) is 0 Å². The maximum absolute atomic E-state index is 13.4. The fourth-order valence-electron chi connectivity index (χ4n) is 3.09. The molecule has 0 aromatic heterocycles. The van der Waals surface area contributed by atoms with Crippen molar-refractivity contribution in [2.75, 3.05) is 20.3 Å². The summed E-state index contributed by atoms with van der Waals surface area (Å²) >= 11 is 0. The molecule has 0 spiro atoms. The number of hydrogen-bond acceptors (Lipinski definition) is 5. The predicted octanol–water partition coefficient (Wildman–Crippen LogP) is 2.87. The zero-order valence-electron chi connectivity index (χ0n) is 16.9. The molecule has 0 unspecified atom stereocenters. The molecule has 0 fully saturated rings. The molecule has 0 radical (unpaired) electrons. The summed E-state index contributed by atoms with van der Waals surface area (Å²) in [4.78, 5) is 12.9. The average molecular weight is 399 g/mol. The number of halogens is 1. The standard InChI is InChI=1S/C22H26FN3O3/c1-22(2,14-27)24-13-21(28)26-20(16-4-8-17(23)9-5-16)12-19(25-26)15-6-10-18(29-3)11-7-15/h4-11,20,24,27H,12-14H2,1-3H3/t20-/m0/s1. The third kappa shape index (κ3) is 4.99. The number of benzene rings is 2. The van der Waals surface area contributed by atoms with Gasteiger partial charge in [0.05, 0.1) is 32.0 Å². The van der Waals surface area contributed by atoms with E-state index in [1.807, 2.05) is 38.1 Å². The van der Waals surface area contributed by atoms with Crippen LogP contribution in [0, 0.1) is 5.82 Å². The third-order valence-corrected chi connectivity index (χ3v) is 4.96. The van der Waals surface area contributed by atoms with E-state index in [0.717, 1.165) is 22.6 Å². The van der Waals surface area contributed by atoms with Gasteiger partial charge >= 0.3 is 0 Å². The highest BCUT2D eigenvalue weighted by Gasteiger charge is 2.33. The number of aliphatic hydroxyl groups excluding tert-OH is 1. The van der Waals surface area contributed by atoms with E-state index >= 15 is 0 Å². The molecule has 29 heavy (non-hydrogen) atoms. The largest absolute Gasteiger partial charge is 0.497 e. The Kier molecular flexibility index (Phi) is 6.30. The molecule has 0 saturated carbocycles. The van der Waals surface area contributed by atoms with Crippen LogP contribution in [0.3, 0.4) is 0 Å². The van der Waals surface area contributed by atoms with Gasteiger partial charge in [-0.15, -0.1) is 0 Å². The fraction of sp³-hybridized carbons (Fsp3) is 0.364. The van der Waals surface area contributed by atoms with Crippen LogP contribution < -0.4 is 10.1 Å². The molecule has 7 heteroatoms. The first-order chi connectivity index (χ1) is 13.8. The summed E-state index contributed by atoms with van der Waals surface area (Å²) in [6.07, 6.45) is 0.521. The van der Waals surface area contributed by atoms with Crippen molar-refractivity contribution in [1.82, 2.24) is 10.3 Å². The summed E-state index contributed by atoms with van der Waals surface area (Å²) in [6.45, 7) is 3.56. The van der Waals surface area contributed by atoms with Crippen LogP contribution in [0.2, 0.25) is 0 Å². The Morgan fingerprint density at radius 1 is 1.24 bits per heavy atom. The number of hydrogen-bond donors (Lipinski definition) is 2. The molecule has 0 aliphatic carbocycles. The third-order valence-electron chi connectivity index (χ3n) is 4.96. The molecule has 1 aliphatic rings. The van der Waals surface area contributed by atoms with Crippen LogP contribution in [0.15, 0.2) is 53.6 Å². The lowest BCUT2D eigenvalue weighted by molar-refractivity contribution is -0.132. The van der Waals surface area contributed by atoms with Crippen molar-refractivity contribution in [3.63, 3.8) is 0 Å². The maximum Gasteiger partial charge on any atom is 0.257 e.